The highest BCUT2D eigenvalue weighted by atomic mass is 127. The molecule has 222 valence electrons. The second kappa shape index (κ2) is 13.9. The van der Waals surface area contributed by atoms with E-state index >= 15 is 0 Å². The standard InChI is InChI=1S/C32H27Br2IN2O5S/c1-4-40-24-12-8-20(9-13-24)28-27(31(39)41-5-2)18(3)36-32-37(28)30(38)26(43-32)15-21-14-23(34)16-25(35)29(21)42-17-19-6-10-22(33)11-7-19/h6-16,28H,4-5,17H2,1-3H3/b26-15-/t28-/m0/s1. The molecule has 1 aliphatic rings. The quantitative estimate of drug-likeness (QED) is 0.136. The van der Waals surface area contributed by atoms with Gasteiger partial charge in [-0.1, -0.05) is 67.5 Å². The molecule has 2 heterocycles. The van der Waals surface area contributed by atoms with Crippen LogP contribution in [0.5, 0.6) is 11.5 Å². The number of nitrogens with zero attached hydrogens (tertiary/aromatic N) is 2. The Labute approximate surface area is 283 Å². The van der Waals surface area contributed by atoms with Gasteiger partial charge in [-0.25, -0.2) is 9.79 Å². The minimum Gasteiger partial charge on any atom is -0.494 e. The number of ether oxygens (including phenoxy) is 3. The molecule has 3 aromatic carbocycles. The summed E-state index contributed by atoms with van der Waals surface area (Å²) in [5, 5.41) is 0. The number of halogens is 3. The molecule has 0 amide bonds. The van der Waals surface area contributed by atoms with Crippen LogP contribution in [0.25, 0.3) is 6.08 Å². The van der Waals surface area contributed by atoms with Crippen molar-refractivity contribution in [1.29, 1.82) is 0 Å². The van der Waals surface area contributed by atoms with Crippen molar-refractivity contribution in [3.8, 4) is 11.5 Å². The molecular weight excluding hydrogens is 811 g/mol. The molecule has 1 atom stereocenters. The third kappa shape index (κ3) is 7.00. The Morgan fingerprint density at radius 2 is 1.74 bits per heavy atom. The van der Waals surface area contributed by atoms with Gasteiger partial charge >= 0.3 is 5.97 Å². The number of hydrogen-bond donors (Lipinski definition) is 0. The zero-order valence-electron chi connectivity index (χ0n) is 23.5. The van der Waals surface area contributed by atoms with Crippen LogP contribution in [0, 0.1) is 3.57 Å². The molecule has 0 saturated carbocycles. The van der Waals surface area contributed by atoms with Crippen molar-refractivity contribution in [3.05, 3.63) is 121 Å². The van der Waals surface area contributed by atoms with Crippen molar-refractivity contribution < 1.29 is 19.0 Å². The fourth-order valence-electron chi connectivity index (χ4n) is 4.74. The van der Waals surface area contributed by atoms with Gasteiger partial charge in [-0.3, -0.25) is 9.36 Å². The van der Waals surface area contributed by atoms with Gasteiger partial charge in [0.15, 0.2) is 4.80 Å². The first-order valence-corrected chi connectivity index (χ1v) is 17.0. The van der Waals surface area contributed by atoms with Gasteiger partial charge in [0.05, 0.1) is 38.6 Å². The Morgan fingerprint density at radius 3 is 2.42 bits per heavy atom. The maximum absolute atomic E-state index is 14.1. The summed E-state index contributed by atoms with van der Waals surface area (Å²) in [5.74, 6) is 0.878. The van der Waals surface area contributed by atoms with Gasteiger partial charge in [0.2, 0.25) is 0 Å². The number of benzene rings is 3. The van der Waals surface area contributed by atoms with Gasteiger partial charge in [-0.05, 0) is 97.0 Å². The van der Waals surface area contributed by atoms with Crippen molar-refractivity contribution in [2.75, 3.05) is 13.2 Å². The zero-order chi connectivity index (χ0) is 30.7. The van der Waals surface area contributed by atoms with E-state index in [1.807, 2.05) is 73.7 Å². The number of carbonyl (C=O) groups is 1. The first-order valence-electron chi connectivity index (χ1n) is 13.5. The van der Waals surface area contributed by atoms with Gasteiger partial charge in [-0.15, -0.1) is 0 Å². The van der Waals surface area contributed by atoms with E-state index in [9.17, 15) is 9.59 Å². The molecule has 4 aromatic rings. The van der Waals surface area contributed by atoms with E-state index in [0.29, 0.717) is 45.3 Å². The van der Waals surface area contributed by atoms with Crippen LogP contribution in [0.4, 0.5) is 0 Å². The van der Waals surface area contributed by atoms with Crippen molar-refractivity contribution in [1.82, 2.24) is 4.57 Å². The normalized spacial score (nSPS) is 14.7. The predicted octanol–water partition coefficient (Wildman–Crippen LogP) is 6.91. The summed E-state index contributed by atoms with van der Waals surface area (Å²) in [7, 11) is 0. The Bertz CT molecular complexity index is 1880. The molecule has 0 saturated heterocycles. The molecule has 0 bridgehead atoms. The maximum Gasteiger partial charge on any atom is 0.338 e. The zero-order valence-corrected chi connectivity index (χ0v) is 29.7. The molecule has 0 radical (unpaired) electrons. The summed E-state index contributed by atoms with van der Waals surface area (Å²) in [6, 6.07) is 18.6. The Kier molecular flexibility index (Phi) is 10.3. The summed E-state index contributed by atoms with van der Waals surface area (Å²) in [4.78, 5) is 32.5. The minimum absolute atomic E-state index is 0.209. The molecule has 0 N–H and O–H groups in total. The fourth-order valence-corrected chi connectivity index (χ4v) is 7.74. The molecule has 0 aliphatic carbocycles. The molecular formula is C32H27Br2IN2O5S. The lowest BCUT2D eigenvalue weighted by molar-refractivity contribution is -0.139. The lowest BCUT2D eigenvalue weighted by Crippen LogP contribution is -2.39. The highest BCUT2D eigenvalue weighted by Gasteiger charge is 2.33. The predicted molar refractivity (Wildman–Crippen MR) is 183 cm³/mol. The molecule has 5 rings (SSSR count). The molecule has 0 unspecified atom stereocenters. The second-order valence-corrected chi connectivity index (χ2v) is 13.5. The largest absolute Gasteiger partial charge is 0.494 e. The van der Waals surface area contributed by atoms with E-state index < -0.39 is 12.0 Å². The van der Waals surface area contributed by atoms with Crippen LogP contribution >= 0.6 is 65.8 Å². The van der Waals surface area contributed by atoms with E-state index in [4.69, 9.17) is 14.2 Å². The first-order chi connectivity index (χ1) is 20.7. The van der Waals surface area contributed by atoms with Crippen molar-refractivity contribution in [3.63, 3.8) is 0 Å². The van der Waals surface area contributed by atoms with Gasteiger partial charge < -0.3 is 14.2 Å². The molecule has 0 spiro atoms. The summed E-state index contributed by atoms with van der Waals surface area (Å²) in [6.07, 6.45) is 1.83. The van der Waals surface area contributed by atoms with Crippen molar-refractivity contribution in [2.24, 2.45) is 4.99 Å². The molecule has 11 heteroatoms. The minimum atomic E-state index is -0.705. The van der Waals surface area contributed by atoms with Crippen LogP contribution < -0.4 is 24.4 Å². The van der Waals surface area contributed by atoms with Crippen LogP contribution in [-0.2, 0) is 16.1 Å². The Morgan fingerprint density at radius 1 is 1.02 bits per heavy atom. The number of esters is 1. The van der Waals surface area contributed by atoms with E-state index in [0.717, 1.165) is 29.2 Å². The third-order valence-corrected chi connectivity index (χ3v) is 9.41. The van der Waals surface area contributed by atoms with Crippen LogP contribution in [0.1, 0.15) is 43.5 Å². The highest BCUT2D eigenvalue weighted by molar-refractivity contribution is 14.1. The lowest BCUT2D eigenvalue weighted by Gasteiger charge is -2.24. The molecule has 1 aromatic heterocycles. The van der Waals surface area contributed by atoms with Gasteiger partial charge in [0, 0.05) is 14.5 Å². The maximum atomic E-state index is 14.1. The second-order valence-electron chi connectivity index (χ2n) is 9.53. The number of thiazole rings is 1. The van der Waals surface area contributed by atoms with E-state index in [1.165, 1.54) is 11.3 Å². The Balaban J connectivity index is 1.63. The van der Waals surface area contributed by atoms with Crippen LogP contribution in [0.3, 0.4) is 0 Å². The average Bonchev–Trinajstić information content (AvgIpc) is 3.27. The van der Waals surface area contributed by atoms with Gasteiger partial charge in [0.1, 0.15) is 18.1 Å². The number of aromatic nitrogens is 1. The van der Waals surface area contributed by atoms with Crippen LogP contribution in [0.2, 0.25) is 0 Å². The molecule has 1 aliphatic heterocycles. The summed E-state index contributed by atoms with van der Waals surface area (Å²) >= 11 is 10.6. The summed E-state index contributed by atoms with van der Waals surface area (Å²) in [5.41, 5.74) is 3.11. The summed E-state index contributed by atoms with van der Waals surface area (Å²) in [6.45, 7) is 6.56. The number of allylic oxidation sites excluding steroid dienone is 1. The summed E-state index contributed by atoms with van der Waals surface area (Å²) < 4.78 is 22.1. The van der Waals surface area contributed by atoms with E-state index in [-0.39, 0.29) is 12.2 Å². The van der Waals surface area contributed by atoms with Gasteiger partial charge in [0.25, 0.3) is 5.56 Å². The number of carbonyl (C=O) groups excluding carboxylic acids is 1. The van der Waals surface area contributed by atoms with E-state index in [1.54, 1.807) is 18.4 Å². The highest BCUT2D eigenvalue weighted by Crippen LogP contribution is 2.33. The molecule has 0 fully saturated rings. The van der Waals surface area contributed by atoms with Crippen LogP contribution in [-0.4, -0.2) is 23.8 Å². The monoisotopic (exact) mass is 836 g/mol. The molecule has 7 nitrogen and oxygen atoms in total. The Hall–Kier alpha value is -2.74. The lowest BCUT2D eigenvalue weighted by atomic mass is 9.96. The SMILES string of the molecule is CCOC(=O)C1=C(C)N=c2s/c(=C\c3cc(Br)cc(I)c3OCc3ccc(Br)cc3)c(=O)n2[C@H]1c1ccc(OCC)cc1. The van der Waals surface area contributed by atoms with Crippen molar-refractivity contribution >= 4 is 77.8 Å². The third-order valence-electron chi connectivity index (χ3n) is 6.64. The number of rotatable bonds is 9. The van der Waals surface area contributed by atoms with E-state index in [2.05, 4.69) is 59.4 Å². The average molecular weight is 838 g/mol. The topological polar surface area (TPSA) is 79.1 Å². The first kappa shape index (κ1) is 31.7. The van der Waals surface area contributed by atoms with Crippen LogP contribution in [0.15, 0.2) is 90.7 Å². The van der Waals surface area contributed by atoms with Crippen molar-refractivity contribution in [2.45, 2.75) is 33.4 Å². The van der Waals surface area contributed by atoms with Gasteiger partial charge in [-0.2, -0.15) is 0 Å². The molecule has 43 heavy (non-hydrogen) atoms. The smallest absolute Gasteiger partial charge is 0.338 e. The number of hydrogen-bond acceptors (Lipinski definition) is 7. The number of fused-ring (bicyclic) bond motifs is 1. The fraction of sp³-hybridized carbons (Fsp3) is 0.219.